The van der Waals surface area contributed by atoms with Crippen molar-refractivity contribution in [3.05, 3.63) is 28.8 Å². The van der Waals surface area contributed by atoms with Crippen LogP contribution >= 0.6 is 11.3 Å². The van der Waals surface area contributed by atoms with Gasteiger partial charge in [0.2, 0.25) is 0 Å². The highest BCUT2D eigenvalue weighted by molar-refractivity contribution is 7.14. The van der Waals surface area contributed by atoms with Crippen molar-refractivity contribution >= 4 is 22.1 Å². The Morgan fingerprint density at radius 1 is 1.47 bits per heavy atom. The molecule has 0 spiro atoms. The first-order valence-corrected chi connectivity index (χ1v) is 5.65. The summed E-state index contributed by atoms with van der Waals surface area (Å²) in [4.78, 5) is 11.2. The summed E-state index contributed by atoms with van der Waals surface area (Å²) in [6.07, 6.45) is 4.06. The fourth-order valence-electron chi connectivity index (χ4n) is 1.53. The van der Waals surface area contributed by atoms with Crippen LogP contribution in [0.4, 0.5) is 5.00 Å². The van der Waals surface area contributed by atoms with Crippen molar-refractivity contribution < 1.29 is 4.79 Å². The van der Waals surface area contributed by atoms with Crippen molar-refractivity contribution in [1.82, 2.24) is 0 Å². The lowest BCUT2D eigenvalue weighted by atomic mass is 10.0. The summed E-state index contributed by atoms with van der Waals surface area (Å²) in [6.45, 7) is 0. The SMILES string of the molecule is N#Cc1ccsc1NC1=CC(=O)CCC1. The number of hydrogen-bond acceptors (Lipinski definition) is 4. The van der Waals surface area contributed by atoms with Gasteiger partial charge in [-0.05, 0) is 24.3 Å². The number of thiophene rings is 1. The van der Waals surface area contributed by atoms with Gasteiger partial charge in [-0.2, -0.15) is 5.26 Å². The molecule has 15 heavy (non-hydrogen) atoms. The van der Waals surface area contributed by atoms with Crippen molar-refractivity contribution in [2.75, 3.05) is 5.32 Å². The van der Waals surface area contributed by atoms with E-state index in [2.05, 4.69) is 11.4 Å². The van der Waals surface area contributed by atoms with Crippen LogP contribution in [0.25, 0.3) is 0 Å². The number of allylic oxidation sites excluding steroid dienone is 2. The van der Waals surface area contributed by atoms with Gasteiger partial charge in [-0.1, -0.05) is 0 Å². The summed E-state index contributed by atoms with van der Waals surface area (Å²) in [5.41, 5.74) is 1.56. The molecule has 3 nitrogen and oxygen atoms in total. The molecule has 0 saturated carbocycles. The average molecular weight is 218 g/mol. The Hall–Kier alpha value is -1.60. The molecule has 0 atom stereocenters. The molecule has 0 unspecified atom stereocenters. The van der Waals surface area contributed by atoms with Gasteiger partial charge in [0.05, 0.1) is 5.56 Å². The topological polar surface area (TPSA) is 52.9 Å². The number of nitrogens with one attached hydrogen (secondary N) is 1. The van der Waals surface area contributed by atoms with E-state index in [-0.39, 0.29) is 5.78 Å². The molecule has 1 N–H and O–H groups in total. The number of ketones is 1. The van der Waals surface area contributed by atoms with Crippen LogP contribution in [0.15, 0.2) is 23.2 Å². The van der Waals surface area contributed by atoms with Gasteiger partial charge in [0.15, 0.2) is 5.78 Å². The second-order valence-electron chi connectivity index (χ2n) is 3.39. The van der Waals surface area contributed by atoms with Crippen LogP contribution in [0.2, 0.25) is 0 Å². The zero-order chi connectivity index (χ0) is 10.7. The van der Waals surface area contributed by atoms with Crippen molar-refractivity contribution in [1.29, 1.82) is 5.26 Å². The Morgan fingerprint density at radius 3 is 3.07 bits per heavy atom. The zero-order valence-corrected chi connectivity index (χ0v) is 8.93. The monoisotopic (exact) mass is 218 g/mol. The molecule has 0 bridgehead atoms. The fraction of sp³-hybridized carbons (Fsp3) is 0.273. The minimum Gasteiger partial charge on any atom is -0.349 e. The lowest BCUT2D eigenvalue weighted by Crippen LogP contribution is -2.08. The number of nitriles is 1. The maximum atomic E-state index is 11.2. The van der Waals surface area contributed by atoms with E-state index in [0.29, 0.717) is 12.0 Å². The van der Waals surface area contributed by atoms with Gasteiger partial charge in [-0.25, -0.2) is 0 Å². The van der Waals surface area contributed by atoms with Gasteiger partial charge in [-0.3, -0.25) is 4.79 Å². The molecule has 0 fully saturated rings. The molecule has 2 rings (SSSR count). The summed E-state index contributed by atoms with van der Waals surface area (Å²) < 4.78 is 0. The molecule has 1 aromatic rings. The van der Waals surface area contributed by atoms with Crippen LogP contribution in [-0.2, 0) is 4.79 Å². The molecule has 0 saturated heterocycles. The second kappa shape index (κ2) is 4.28. The first-order valence-electron chi connectivity index (χ1n) is 4.77. The predicted molar refractivity (Wildman–Crippen MR) is 59.6 cm³/mol. The molecule has 1 heterocycles. The smallest absolute Gasteiger partial charge is 0.157 e. The molecule has 4 heteroatoms. The highest BCUT2D eigenvalue weighted by atomic mass is 32.1. The highest BCUT2D eigenvalue weighted by Gasteiger charge is 2.11. The predicted octanol–water partition coefficient (Wildman–Crippen LogP) is 2.67. The van der Waals surface area contributed by atoms with Crippen LogP contribution in [0.1, 0.15) is 24.8 Å². The number of hydrogen-bond donors (Lipinski definition) is 1. The highest BCUT2D eigenvalue weighted by Crippen LogP contribution is 2.26. The van der Waals surface area contributed by atoms with E-state index >= 15 is 0 Å². The minimum absolute atomic E-state index is 0.166. The fourth-order valence-corrected chi connectivity index (χ4v) is 2.30. The molecular weight excluding hydrogens is 208 g/mol. The number of carbonyl (C=O) groups is 1. The van der Waals surface area contributed by atoms with Gasteiger partial charge in [0.25, 0.3) is 0 Å². The normalized spacial score (nSPS) is 15.7. The minimum atomic E-state index is 0.166. The zero-order valence-electron chi connectivity index (χ0n) is 8.12. The Kier molecular flexibility index (Phi) is 2.84. The summed E-state index contributed by atoms with van der Waals surface area (Å²) in [6, 6.07) is 3.89. The van der Waals surface area contributed by atoms with Crippen molar-refractivity contribution in [2.24, 2.45) is 0 Å². The van der Waals surface area contributed by atoms with Gasteiger partial charge >= 0.3 is 0 Å². The summed E-state index contributed by atoms with van der Waals surface area (Å²) in [5.74, 6) is 0.166. The molecule has 0 aromatic carbocycles. The molecule has 0 amide bonds. The number of anilines is 1. The third-order valence-corrected chi connectivity index (χ3v) is 3.09. The van der Waals surface area contributed by atoms with Gasteiger partial charge < -0.3 is 5.32 Å². The van der Waals surface area contributed by atoms with Gasteiger partial charge in [0.1, 0.15) is 11.1 Å². The first kappa shape index (κ1) is 9.94. The Balaban J connectivity index is 2.16. The molecule has 76 valence electrons. The Labute approximate surface area is 92.0 Å². The van der Waals surface area contributed by atoms with Gasteiger partial charge in [-0.15, -0.1) is 11.3 Å². The maximum absolute atomic E-state index is 11.2. The van der Waals surface area contributed by atoms with E-state index in [1.54, 1.807) is 12.1 Å². The van der Waals surface area contributed by atoms with Crippen LogP contribution < -0.4 is 5.32 Å². The molecule has 0 aliphatic heterocycles. The van der Waals surface area contributed by atoms with Crippen LogP contribution in [0.5, 0.6) is 0 Å². The Bertz CT molecular complexity index is 453. The molecule has 0 radical (unpaired) electrons. The third-order valence-electron chi connectivity index (χ3n) is 2.26. The average Bonchev–Trinajstić information content (AvgIpc) is 2.65. The van der Waals surface area contributed by atoms with Crippen LogP contribution in [0, 0.1) is 11.3 Å². The number of nitrogens with zero attached hydrogens (tertiary/aromatic N) is 1. The van der Waals surface area contributed by atoms with Crippen LogP contribution in [0.3, 0.4) is 0 Å². The quantitative estimate of drug-likeness (QED) is 0.830. The standard InChI is InChI=1S/C11H10N2OS/c12-7-8-4-5-15-11(8)13-9-2-1-3-10(14)6-9/h4-6,13H,1-3H2. The van der Waals surface area contributed by atoms with Crippen molar-refractivity contribution in [3.8, 4) is 6.07 Å². The molecule has 1 aliphatic carbocycles. The van der Waals surface area contributed by atoms with Crippen molar-refractivity contribution in [3.63, 3.8) is 0 Å². The summed E-state index contributed by atoms with van der Waals surface area (Å²) in [7, 11) is 0. The molecule has 1 aromatic heterocycles. The maximum Gasteiger partial charge on any atom is 0.157 e. The molecular formula is C11H10N2OS. The second-order valence-corrected chi connectivity index (χ2v) is 4.31. The van der Waals surface area contributed by atoms with E-state index in [0.717, 1.165) is 23.5 Å². The van der Waals surface area contributed by atoms with Crippen molar-refractivity contribution in [2.45, 2.75) is 19.3 Å². The lowest BCUT2D eigenvalue weighted by Gasteiger charge is -2.13. The van der Waals surface area contributed by atoms with E-state index in [1.807, 2.05) is 5.38 Å². The van der Waals surface area contributed by atoms with E-state index < -0.39 is 0 Å². The number of carbonyl (C=O) groups excluding carboxylic acids is 1. The van der Waals surface area contributed by atoms with E-state index in [1.165, 1.54) is 11.3 Å². The Morgan fingerprint density at radius 2 is 2.33 bits per heavy atom. The largest absolute Gasteiger partial charge is 0.349 e. The van der Waals surface area contributed by atoms with E-state index in [4.69, 9.17) is 5.26 Å². The van der Waals surface area contributed by atoms with Crippen LogP contribution in [-0.4, -0.2) is 5.78 Å². The third kappa shape index (κ3) is 2.25. The van der Waals surface area contributed by atoms with Gasteiger partial charge in [0, 0.05) is 18.2 Å². The van der Waals surface area contributed by atoms with E-state index in [9.17, 15) is 4.79 Å². The summed E-state index contributed by atoms with van der Waals surface area (Å²) in [5, 5.41) is 14.7. The number of rotatable bonds is 2. The lowest BCUT2D eigenvalue weighted by molar-refractivity contribution is -0.115. The molecule has 1 aliphatic rings. The summed E-state index contributed by atoms with van der Waals surface area (Å²) >= 11 is 1.48. The first-order chi connectivity index (χ1) is 7.29.